The van der Waals surface area contributed by atoms with Crippen molar-refractivity contribution < 1.29 is 89.0 Å². The molecule has 0 aliphatic carbocycles. The summed E-state index contributed by atoms with van der Waals surface area (Å²) in [6.45, 7) is 2.43. The zero-order chi connectivity index (χ0) is 33.3. The van der Waals surface area contributed by atoms with Crippen molar-refractivity contribution in [2.24, 2.45) is 11.8 Å². The molecule has 0 aromatic rings. The fraction of sp³-hybridized carbons (Fsp3) is 1.00. The SMILES string of the molecule is COC1OC(CO)[C@@H](O[C@@H]2OC(CO)[C@H](O)[C@H](O[C@H]3OC(CO)[C@H](O)[C@H](O)C3C)C2O[C@@H]2OC(C)[C@@H](O)[C@H](O)C2O)[C@H](O)C1C. The molecular weight excluding hydrogens is 612 g/mol. The molecule has 0 aromatic heterocycles. The van der Waals surface area contributed by atoms with Crippen LogP contribution in [0.5, 0.6) is 0 Å². The second kappa shape index (κ2) is 15.7. The largest absolute Gasteiger partial charge is 0.394 e. The highest BCUT2D eigenvalue weighted by atomic mass is 16.8. The monoisotopic (exact) mass is 660 g/mol. The van der Waals surface area contributed by atoms with Crippen LogP contribution >= 0.6 is 0 Å². The van der Waals surface area contributed by atoms with Crippen LogP contribution in [0.3, 0.4) is 0 Å². The van der Waals surface area contributed by atoms with E-state index in [0.29, 0.717) is 0 Å². The summed E-state index contributed by atoms with van der Waals surface area (Å²) < 4.78 is 46.4. The van der Waals surface area contributed by atoms with E-state index in [2.05, 4.69) is 0 Å². The van der Waals surface area contributed by atoms with Gasteiger partial charge in [-0.1, -0.05) is 13.8 Å². The van der Waals surface area contributed by atoms with Crippen molar-refractivity contribution in [2.45, 2.75) is 131 Å². The van der Waals surface area contributed by atoms with E-state index in [1.165, 1.54) is 21.0 Å². The molecule has 20 atom stereocenters. The lowest BCUT2D eigenvalue weighted by Gasteiger charge is -2.50. The summed E-state index contributed by atoms with van der Waals surface area (Å²) >= 11 is 0. The molecule has 18 heteroatoms. The van der Waals surface area contributed by atoms with Crippen LogP contribution in [0.2, 0.25) is 0 Å². The molecule has 45 heavy (non-hydrogen) atoms. The summed E-state index contributed by atoms with van der Waals surface area (Å²) in [7, 11) is 1.36. The van der Waals surface area contributed by atoms with E-state index in [9.17, 15) is 51.1 Å². The maximum absolute atomic E-state index is 11.3. The van der Waals surface area contributed by atoms with Crippen LogP contribution in [0.4, 0.5) is 0 Å². The molecule has 4 heterocycles. The average Bonchev–Trinajstić information content (AvgIpc) is 3.03. The molecule has 10 N–H and O–H groups in total. The highest BCUT2D eigenvalue weighted by Gasteiger charge is 2.55. The summed E-state index contributed by atoms with van der Waals surface area (Å²) in [6, 6.07) is 0. The molecule has 0 radical (unpaired) electrons. The number of aliphatic hydroxyl groups excluding tert-OH is 10. The molecule has 4 fully saturated rings. The molecule has 4 aliphatic rings. The molecule has 0 spiro atoms. The Kier molecular flexibility index (Phi) is 12.9. The van der Waals surface area contributed by atoms with Gasteiger partial charge < -0.3 is 89.0 Å². The fourth-order valence-corrected chi connectivity index (χ4v) is 6.06. The molecular formula is C27H48O18. The van der Waals surface area contributed by atoms with Crippen LogP contribution < -0.4 is 0 Å². The quantitative estimate of drug-likeness (QED) is 0.105. The lowest BCUT2D eigenvalue weighted by atomic mass is 9.91. The first-order valence-corrected chi connectivity index (χ1v) is 15.0. The summed E-state index contributed by atoms with van der Waals surface area (Å²) in [6.07, 6.45) is -25.8. The predicted molar refractivity (Wildman–Crippen MR) is 144 cm³/mol. The molecule has 264 valence electrons. The number of ether oxygens (including phenoxy) is 8. The van der Waals surface area contributed by atoms with Gasteiger partial charge >= 0.3 is 0 Å². The molecule has 0 aromatic carbocycles. The number of hydrogen-bond acceptors (Lipinski definition) is 18. The summed E-state index contributed by atoms with van der Waals surface area (Å²) in [5.74, 6) is -1.60. The minimum Gasteiger partial charge on any atom is -0.394 e. The number of hydrogen-bond donors (Lipinski definition) is 10. The Morgan fingerprint density at radius 2 is 0.956 bits per heavy atom. The van der Waals surface area contributed by atoms with E-state index in [1.807, 2.05) is 0 Å². The highest BCUT2D eigenvalue weighted by Crippen LogP contribution is 2.37. The van der Waals surface area contributed by atoms with Gasteiger partial charge in [0.1, 0.15) is 67.1 Å². The van der Waals surface area contributed by atoms with Gasteiger partial charge in [0, 0.05) is 18.9 Å². The predicted octanol–water partition coefficient (Wildman–Crippen LogP) is -5.52. The Labute approximate surface area is 259 Å². The van der Waals surface area contributed by atoms with E-state index in [-0.39, 0.29) is 0 Å². The second-order valence-electron chi connectivity index (χ2n) is 12.1. The van der Waals surface area contributed by atoms with Gasteiger partial charge in [-0.2, -0.15) is 0 Å². The number of aliphatic hydroxyl groups is 10. The van der Waals surface area contributed by atoms with E-state index < -0.39 is 142 Å². The van der Waals surface area contributed by atoms with E-state index >= 15 is 0 Å². The fourth-order valence-electron chi connectivity index (χ4n) is 6.06. The lowest BCUT2D eigenvalue weighted by Crippen LogP contribution is -2.67. The van der Waals surface area contributed by atoms with E-state index in [0.717, 1.165) is 0 Å². The summed E-state index contributed by atoms with van der Waals surface area (Å²) in [5.41, 5.74) is 0. The second-order valence-corrected chi connectivity index (χ2v) is 12.1. The average molecular weight is 661 g/mol. The molecule has 9 unspecified atom stereocenters. The van der Waals surface area contributed by atoms with Gasteiger partial charge in [-0.15, -0.1) is 0 Å². The highest BCUT2D eigenvalue weighted by molar-refractivity contribution is 4.97. The van der Waals surface area contributed by atoms with E-state index in [4.69, 9.17) is 37.9 Å². The zero-order valence-electron chi connectivity index (χ0n) is 25.4. The normalized spacial score (nSPS) is 52.9. The van der Waals surface area contributed by atoms with Gasteiger partial charge in [0.15, 0.2) is 25.2 Å². The Morgan fingerprint density at radius 3 is 1.56 bits per heavy atom. The zero-order valence-corrected chi connectivity index (χ0v) is 25.4. The molecule has 4 rings (SSSR count). The third-order valence-electron chi connectivity index (χ3n) is 9.06. The van der Waals surface area contributed by atoms with Crippen LogP contribution in [0.1, 0.15) is 20.8 Å². The van der Waals surface area contributed by atoms with Gasteiger partial charge in [0.25, 0.3) is 0 Å². The maximum Gasteiger partial charge on any atom is 0.187 e. The molecule has 4 aliphatic heterocycles. The molecule has 0 amide bonds. The minimum atomic E-state index is -1.82. The Morgan fingerprint density at radius 1 is 0.444 bits per heavy atom. The third kappa shape index (κ3) is 7.48. The Balaban J connectivity index is 1.69. The molecule has 4 saturated heterocycles. The maximum atomic E-state index is 11.3. The van der Waals surface area contributed by atoms with Gasteiger partial charge in [0.05, 0.1) is 38.1 Å². The van der Waals surface area contributed by atoms with Gasteiger partial charge in [0.2, 0.25) is 0 Å². The van der Waals surface area contributed by atoms with Crippen molar-refractivity contribution in [3.63, 3.8) is 0 Å². The van der Waals surface area contributed by atoms with Crippen molar-refractivity contribution in [1.29, 1.82) is 0 Å². The first kappa shape index (κ1) is 37.1. The summed E-state index contributed by atoms with van der Waals surface area (Å²) in [5, 5.41) is 104. The van der Waals surface area contributed by atoms with Crippen molar-refractivity contribution in [2.75, 3.05) is 26.9 Å². The van der Waals surface area contributed by atoms with Crippen LogP contribution in [0.15, 0.2) is 0 Å². The van der Waals surface area contributed by atoms with Crippen molar-refractivity contribution in [3.8, 4) is 0 Å². The first-order chi connectivity index (χ1) is 21.3. The number of methoxy groups -OCH3 is 1. The minimum absolute atomic E-state index is 0.624. The third-order valence-corrected chi connectivity index (χ3v) is 9.06. The number of rotatable bonds is 10. The van der Waals surface area contributed by atoms with Crippen molar-refractivity contribution in [1.82, 2.24) is 0 Å². The van der Waals surface area contributed by atoms with Crippen LogP contribution in [0, 0.1) is 11.8 Å². The van der Waals surface area contributed by atoms with Crippen LogP contribution in [0.25, 0.3) is 0 Å². The summed E-state index contributed by atoms with van der Waals surface area (Å²) in [4.78, 5) is 0. The lowest BCUT2D eigenvalue weighted by molar-refractivity contribution is -0.401. The standard InChI is InChI=1S/C27H48O18/c1-8-14(31)17(34)11(5-28)40-25(8)44-22-18(35)12(6-29)41-27(23(22)45-26-20(37)19(36)16(33)10(3)39-26)43-21-13(7-30)42-24(38-4)9(2)15(21)32/h8-37H,5-7H2,1-4H3/t8?,9?,10?,11?,12?,13?,14-,15-,16-,17+,18+,19+,20?,21-,22+,23?,24?,25-,26+,27+/m1/s1. The van der Waals surface area contributed by atoms with Crippen molar-refractivity contribution >= 4 is 0 Å². The van der Waals surface area contributed by atoms with Crippen LogP contribution in [-0.2, 0) is 37.9 Å². The first-order valence-electron chi connectivity index (χ1n) is 15.0. The Bertz CT molecular complexity index is 913. The topological polar surface area (TPSA) is 276 Å². The van der Waals surface area contributed by atoms with Crippen LogP contribution in [-0.4, -0.2) is 189 Å². The van der Waals surface area contributed by atoms with Crippen molar-refractivity contribution in [3.05, 3.63) is 0 Å². The molecule has 0 bridgehead atoms. The smallest absolute Gasteiger partial charge is 0.187 e. The molecule has 18 nitrogen and oxygen atoms in total. The van der Waals surface area contributed by atoms with E-state index in [1.54, 1.807) is 6.92 Å². The Hall–Kier alpha value is -0.720. The van der Waals surface area contributed by atoms with Gasteiger partial charge in [-0.05, 0) is 6.92 Å². The van der Waals surface area contributed by atoms with Gasteiger partial charge in [-0.25, -0.2) is 0 Å². The molecule has 0 saturated carbocycles. The van der Waals surface area contributed by atoms with Gasteiger partial charge in [-0.3, -0.25) is 0 Å².